The molecule has 1 heterocycles. The van der Waals surface area contributed by atoms with E-state index in [9.17, 15) is 4.79 Å². The van der Waals surface area contributed by atoms with Crippen LogP contribution in [0.3, 0.4) is 0 Å². The highest BCUT2D eigenvalue weighted by molar-refractivity contribution is 5.98. The lowest BCUT2D eigenvalue weighted by Crippen LogP contribution is -2.31. The molecule has 130 valence electrons. The first-order valence-electron chi connectivity index (χ1n) is 8.50. The number of carbonyl (C=O) groups is 1. The highest BCUT2D eigenvalue weighted by Gasteiger charge is 2.11. The molecule has 1 aromatic heterocycles. The van der Waals surface area contributed by atoms with Gasteiger partial charge in [-0.15, -0.1) is 0 Å². The molecule has 5 nitrogen and oxygen atoms in total. The highest BCUT2D eigenvalue weighted by Crippen LogP contribution is 2.19. The third kappa shape index (κ3) is 3.82. The van der Waals surface area contributed by atoms with Gasteiger partial charge in [0.2, 0.25) is 0 Å². The molecule has 0 saturated heterocycles. The number of amides is 1. The second-order valence-corrected chi connectivity index (χ2v) is 6.21. The first-order chi connectivity index (χ1) is 12.1. The minimum atomic E-state index is -0.0506. The zero-order valence-corrected chi connectivity index (χ0v) is 14.8. The summed E-state index contributed by atoms with van der Waals surface area (Å²) in [5.41, 5.74) is 2.69. The number of fused-ring (bicyclic) bond motifs is 1. The predicted molar refractivity (Wildman–Crippen MR) is 99.0 cm³/mol. The lowest BCUT2D eigenvalue weighted by molar-refractivity contribution is 0.0939. The van der Waals surface area contributed by atoms with Crippen LogP contribution in [-0.4, -0.2) is 28.8 Å². The van der Waals surface area contributed by atoms with Crippen molar-refractivity contribution < 1.29 is 9.53 Å². The van der Waals surface area contributed by atoms with Gasteiger partial charge in [0.05, 0.1) is 25.4 Å². The van der Waals surface area contributed by atoms with Crippen molar-refractivity contribution >= 4 is 16.8 Å². The van der Waals surface area contributed by atoms with Gasteiger partial charge >= 0.3 is 0 Å². The summed E-state index contributed by atoms with van der Waals surface area (Å²) in [6, 6.07) is 13.8. The molecule has 1 N–H and O–H groups in total. The average Bonchev–Trinajstić information content (AvgIpc) is 3.03. The third-order valence-electron chi connectivity index (χ3n) is 4.36. The summed E-state index contributed by atoms with van der Waals surface area (Å²) in [6.45, 7) is 4.68. The summed E-state index contributed by atoms with van der Waals surface area (Å²) in [4.78, 5) is 12.4. The molecular weight excluding hydrogens is 314 g/mol. The Bertz CT molecular complexity index is 886. The number of carbonyl (C=O) groups excluding carboxylic acids is 1. The SMILES string of the molecule is CC[C@H](C)NC(=O)c1ccc2cnn(Cc3cccc(OC)c3)c2c1. The van der Waals surface area contributed by atoms with E-state index in [1.807, 2.05) is 60.3 Å². The van der Waals surface area contributed by atoms with Gasteiger partial charge in [-0.25, -0.2) is 0 Å². The van der Waals surface area contributed by atoms with Gasteiger partial charge in [-0.3, -0.25) is 9.48 Å². The first-order valence-corrected chi connectivity index (χ1v) is 8.50. The monoisotopic (exact) mass is 337 g/mol. The summed E-state index contributed by atoms with van der Waals surface area (Å²) in [6.07, 6.45) is 2.73. The van der Waals surface area contributed by atoms with Crippen LogP contribution in [0.25, 0.3) is 10.9 Å². The largest absolute Gasteiger partial charge is 0.497 e. The Hall–Kier alpha value is -2.82. The summed E-state index contributed by atoms with van der Waals surface area (Å²) >= 11 is 0. The molecule has 2 aromatic carbocycles. The van der Waals surface area contributed by atoms with E-state index in [-0.39, 0.29) is 11.9 Å². The van der Waals surface area contributed by atoms with Gasteiger partial charge in [-0.2, -0.15) is 5.10 Å². The number of rotatable bonds is 6. The van der Waals surface area contributed by atoms with Gasteiger partial charge in [0.1, 0.15) is 5.75 Å². The van der Waals surface area contributed by atoms with E-state index in [0.29, 0.717) is 12.1 Å². The van der Waals surface area contributed by atoms with Crippen molar-refractivity contribution in [1.29, 1.82) is 0 Å². The fourth-order valence-corrected chi connectivity index (χ4v) is 2.69. The van der Waals surface area contributed by atoms with E-state index in [1.165, 1.54) is 0 Å². The molecule has 3 rings (SSSR count). The lowest BCUT2D eigenvalue weighted by atomic mass is 10.1. The van der Waals surface area contributed by atoms with Crippen LogP contribution in [0.4, 0.5) is 0 Å². The van der Waals surface area contributed by atoms with Crippen molar-refractivity contribution in [2.24, 2.45) is 0 Å². The molecular formula is C20H23N3O2. The Morgan fingerprint density at radius 1 is 1.28 bits per heavy atom. The fourth-order valence-electron chi connectivity index (χ4n) is 2.69. The molecule has 0 aliphatic rings. The molecule has 0 saturated carbocycles. The zero-order chi connectivity index (χ0) is 17.8. The number of methoxy groups -OCH3 is 1. The fraction of sp³-hybridized carbons (Fsp3) is 0.300. The van der Waals surface area contributed by atoms with Gasteiger partial charge in [0.15, 0.2) is 0 Å². The second-order valence-electron chi connectivity index (χ2n) is 6.21. The van der Waals surface area contributed by atoms with Gasteiger partial charge < -0.3 is 10.1 Å². The van der Waals surface area contributed by atoms with Gasteiger partial charge in [0.25, 0.3) is 5.91 Å². The second kappa shape index (κ2) is 7.38. The van der Waals surface area contributed by atoms with Crippen molar-refractivity contribution in [2.75, 3.05) is 7.11 Å². The number of nitrogens with one attached hydrogen (secondary N) is 1. The van der Waals surface area contributed by atoms with E-state index < -0.39 is 0 Å². The van der Waals surface area contributed by atoms with Crippen molar-refractivity contribution in [1.82, 2.24) is 15.1 Å². The predicted octanol–water partition coefficient (Wildman–Crippen LogP) is 3.62. The smallest absolute Gasteiger partial charge is 0.251 e. The first kappa shape index (κ1) is 17.0. The van der Waals surface area contributed by atoms with E-state index in [4.69, 9.17) is 4.74 Å². The minimum Gasteiger partial charge on any atom is -0.497 e. The van der Waals surface area contributed by atoms with Crippen molar-refractivity contribution in [3.63, 3.8) is 0 Å². The van der Waals surface area contributed by atoms with E-state index in [1.54, 1.807) is 7.11 Å². The molecule has 0 spiro atoms. The zero-order valence-electron chi connectivity index (χ0n) is 14.8. The Morgan fingerprint density at radius 3 is 2.88 bits per heavy atom. The van der Waals surface area contributed by atoms with Crippen LogP contribution in [0, 0.1) is 0 Å². The number of ether oxygens (including phenoxy) is 1. The topological polar surface area (TPSA) is 56.2 Å². The van der Waals surface area contributed by atoms with E-state index in [0.717, 1.165) is 28.6 Å². The van der Waals surface area contributed by atoms with E-state index >= 15 is 0 Å². The average molecular weight is 337 g/mol. The van der Waals surface area contributed by atoms with Gasteiger partial charge in [0, 0.05) is 17.0 Å². The van der Waals surface area contributed by atoms with E-state index in [2.05, 4.69) is 17.3 Å². The Labute approximate surface area is 147 Å². The molecule has 0 bridgehead atoms. The summed E-state index contributed by atoms with van der Waals surface area (Å²) in [7, 11) is 1.66. The van der Waals surface area contributed by atoms with Crippen LogP contribution < -0.4 is 10.1 Å². The maximum absolute atomic E-state index is 12.4. The van der Waals surface area contributed by atoms with Crippen LogP contribution >= 0.6 is 0 Å². The van der Waals surface area contributed by atoms with Crippen molar-refractivity contribution in [2.45, 2.75) is 32.9 Å². The quantitative estimate of drug-likeness (QED) is 0.747. The number of nitrogens with zero attached hydrogens (tertiary/aromatic N) is 2. The van der Waals surface area contributed by atoms with Crippen LogP contribution in [0.2, 0.25) is 0 Å². The molecule has 25 heavy (non-hydrogen) atoms. The maximum Gasteiger partial charge on any atom is 0.251 e. The molecule has 0 fully saturated rings. The van der Waals surface area contributed by atoms with Crippen LogP contribution in [-0.2, 0) is 6.54 Å². The highest BCUT2D eigenvalue weighted by atomic mass is 16.5. The maximum atomic E-state index is 12.4. The number of hydrogen-bond donors (Lipinski definition) is 1. The molecule has 0 aliphatic carbocycles. The molecule has 0 radical (unpaired) electrons. The summed E-state index contributed by atoms with van der Waals surface area (Å²) in [5, 5.41) is 8.49. The normalized spacial score (nSPS) is 12.1. The summed E-state index contributed by atoms with van der Waals surface area (Å²) in [5.74, 6) is 0.771. The van der Waals surface area contributed by atoms with Crippen LogP contribution in [0.15, 0.2) is 48.7 Å². The molecule has 1 amide bonds. The van der Waals surface area contributed by atoms with Gasteiger partial charge in [-0.05, 0) is 43.2 Å². The summed E-state index contributed by atoms with van der Waals surface area (Å²) < 4.78 is 7.18. The molecule has 0 aliphatic heterocycles. The Balaban J connectivity index is 1.89. The number of benzene rings is 2. The molecule has 5 heteroatoms. The van der Waals surface area contributed by atoms with Crippen LogP contribution in [0.1, 0.15) is 36.2 Å². The molecule has 3 aromatic rings. The van der Waals surface area contributed by atoms with Gasteiger partial charge in [-0.1, -0.05) is 25.1 Å². The van der Waals surface area contributed by atoms with Crippen molar-refractivity contribution in [3.05, 3.63) is 59.8 Å². The minimum absolute atomic E-state index is 0.0506. The third-order valence-corrected chi connectivity index (χ3v) is 4.36. The number of aromatic nitrogens is 2. The Kier molecular flexibility index (Phi) is 5.03. The Morgan fingerprint density at radius 2 is 2.12 bits per heavy atom. The number of hydrogen-bond acceptors (Lipinski definition) is 3. The van der Waals surface area contributed by atoms with Crippen LogP contribution in [0.5, 0.6) is 5.75 Å². The lowest BCUT2D eigenvalue weighted by Gasteiger charge is -2.11. The molecule has 0 unspecified atom stereocenters. The van der Waals surface area contributed by atoms with Crippen molar-refractivity contribution in [3.8, 4) is 5.75 Å². The standard InChI is InChI=1S/C20H23N3O2/c1-4-14(2)22-20(24)16-8-9-17-12-21-23(19(17)11-16)13-15-6-5-7-18(10-15)25-3/h5-12,14H,4,13H2,1-3H3,(H,22,24)/t14-/m0/s1. The molecule has 1 atom stereocenters.